The van der Waals surface area contributed by atoms with Gasteiger partial charge in [0.25, 0.3) is 5.91 Å². The molecule has 6 nitrogen and oxygen atoms in total. The van der Waals surface area contributed by atoms with Crippen LogP contribution >= 0.6 is 22.9 Å². The Bertz CT molecular complexity index is 1410. The van der Waals surface area contributed by atoms with Gasteiger partial charge in [-0.15, -0.1) is 0 Å². The second kappa shape index (κ2) is 9.74. The van der Waals surface area contributed by atoms with Gasteiger partial charge in [0.15, 0.2) is 5.13 Å². The number of carbonyl (C=O) groups excluding carboxylic acids is 2. The third kappa shape index (κ3) is 4.56. The summed E-state index contributed by atoms with van der Waals surface area (Å²) in [7, 11) is 1.28. The van der Waals surface area contributed by atoms with Crippen LogP contribution in [0.3, 0.4) is 0 Å². The van der Waals surface area contributed by atoms with Gasteiger partial charge in [-0.25, -0.2) is 9.78 Å². The first kappa shape index (κ1) is 22.8. The van der Waals surface area contributed by atoms with Gasteiger partial charge in [0, 0.05) is 10.7 Å². The molecule has 1 aliphatic rings. The minimum atomic E-state index is -0.621. The number of carbonyl (C=O) groups is 2. The van der Waals surface area contributed by atoms with Crippen LogP contribution in [0, 0.1) is 0 Å². The van der Waals surface area contributed by atoms with Crippen molar-refractivity contribution >= 4 is 61.9 Å². The number of nitrogens with zero attached hydrogens (tertiary/aromatic N) is 3. The van der Waals surface area contributed by atoms with Gasteiger partial charge in [0.2, 0.25) is 0 Å². The summed E-state index contributed by atoms with van der Waals surface area (Å²) in [5.41, 5.74) is 2.66. The molecular formula is C27H20ClN3O3S. The summed E-state index contributed by atoms with van der Waals surface area (Å²) in [6.45, 7) is 0. The molecule has 3 aromatic carbocycles. The molecule has 1 saturated heterocycles. The minimum Gasteiger partial charge on any atom is -0.466 e. The average molecular weight is 502 g/mol. The molecule has 1 aliphatic heterocycles. The molecule has 0 aliphatic carbocycles. The first-order valence-corrected chi connectivity index (χ1v) is 12.0. The zero-order chi connectivity index (χ0) is 24.4. The van der Waals surface area contributed by atoms with Gasteiger partial charge in [0.05, 0.1) is 23.4 Å². The van der Waals surface area contributed by atoms with Crippen molar-refractivity contribution in [3.8, 4) is 0 Å². The normalized spacial score (nSPS) is 17.1. The fourth-order valence-electron chi connectivity index (χ4n) is 3.90. The lowest BCUT2D eigenvalue weighted by Gasteiger charge is -2.27. The quantitative estimate of drug-likeness (QED) is 0.252. The van der Waals surface area contributed by atoms with E-state index in [1.165, 1.54) is 24.5 Å². The summed E-state index contributed by atoms with van der Waals surface area (Å²) in [5, 5.41) is 1.10. The molecule has 0 N–H and O–H groups in total. The third-order valence-electron chi connectivity index (χ3n) is 5.54. The molecular weight excluding hydrogens is 482 g/mol. The van der Waals surface area contributed by atoms with Crippen LogP contribution in [0.25, 0.3) is 16.3 Å². The van der Waals surface area contributed by atoms with Crippen molar-refractivity contribution in [1.29, 1.82) is 0 Å². The van der Waals surface area contributed by atoms with E-state index in [2.05, 4.69) is 0 Å². The number of amides is 1. The molecule has 4 aromatic rings. The maximum atomic E-state index is 13.8. The van der Waals surface area contributed by atoms with Crippen molar-refractivity contribution in [2.75, 3.05) is 16.9 Å². The summed E-state index contributed by atoms with van der Waals surface area (Å²) in [6.07, 6.45) is 4.50. The first-order chi connectivity index (χ1) is 17.0. The van der Waals surface area contributed by atoms with E-state index in [1.807, 2.05) is 78.9 Å². The lowest BCUT2D eigenvalue weighted by atomic mass is 10.2. The van der Waals surface area contributed by atoms with Crippen LogP contribution in [0.5, 0.6) is 0 Å². The zero-order valence-corrected chi connectivity index (χ0v) is 20.2. The monoisotopic (exact) mass is 501 g/mol. The molecule has 1 atom stereocenters. The Kier molecular flexibility index (Phi) is 6.35. The van der Waals surface area contributed by atoms with E-state index in [4.69, 9.17) is 21.3 Å². The Morgan fingerprint density at radius 1 is 1.00 bits per heavy atom. The van der Waals surface area contributed by atoms with Gasteiger partial charge in [-0.1, -0.05) is 71.5 Å². The van der Waals surface area contributed by atoms with Crippen molar-refractivity contribution in [2.45, 2.75) is 6.17 Å². The van der Waals surface area contributed by atoms with E-state index in [1.54, 1.807) is 21.9 Å². The molecule has 174 valence electrons. The Hall–Kier alpha value is -3.94. The lowest BCUT2D eigenvalue weighted by Crippen LogP contribution is -2.38. The number of halogens is 1. The highest BCUT2D eigenvalue weighted by Gasteiger charge is 2.44. The molecule has 0 radical (unpaired) electrons. The lowest BCUT2D eigenvalue weighted by molar-refractivity contribution is -0.135. The van der Waals surface area contributed by atoms with Gasteiger partial charge >= 0.3 is 5.97 Å². The molecule has 5 rings (SSSR count). The van der Waals surface area contributed by atoms with E-state index in [-0.39, 0.29) is 11.6 Å². The number of para-hydroxylation sites is 1. The number of thiazole rings is 1. The maximum absolute atomic E-state index is 13.8. The number of aromatic nitrogens is 1. The molecule has 0 saturated carbocycles. The van der Waals surface area contributed by atoms with Gasteiger partial charge in [-0.2, -0.15) is 0 Å². The second-order valence-corrected chi connectivity index (χ2v) is 9.17. The number of rotatable bonds is 5. The topological polar surface area (TPSA) is 62.7 Å². The molecule has 0 spiro atoms. The minimum absolute atomic E-state index is 0.182. The van der Waals surface area contributed by atoms with Crippen LogP contribution in [0.4, 0.5) is 10.8 Å². The van der Waals surface area contributed by atoms with E-state index >= 15 is 0 Å². The molecule has 0 bridgehead atoms. The van der Waals surface area contributed by atoms with Gasteiger partial charge < -0.3 is 9.64 Å². The summed E-state index contributed by atoms with van der Waals surface area (Å²) < 4.78 is 5.81. The average Bonchev–Trinajstić information content (AvgIpc) is 3.42. The van der Waals surface area contributed by atoms with E-state index < -0.39 is 12.1 Å². The number of anilines is 2. The number of fused-ring (bicyclic) bond motifs is 1. The van der Waals surface area contributed by atoms with E-state index in [9.17, 15) is 9.59 Å². The number of hydrogen-bond acceptors (Lipinski definition) is 6. The highest BCUT2D eigenvalue weighted by molar-refractivity contribution is 7.22. The number of esters is 1. The molecule has 1 fully saturated rings. The summed E-state index contributed by atoms with van der Waals surface area (Å²) in [6, 6.07) is 24.6. The summed E-state index contributed by atoms with van der Waals surface area (Å²) in [4.78, 5) is 34.2. The van der Waals surface area contributed by atoms with Gasteiger partial charge in [-0.3, -0.25) is 9.69 Å². The second-order valence-electron chi connectivity index (χ2n) is 7.72. The Labute approximate surface area is 211 Å². The Morgan fingerprint density at radius 2 is 1.71 bits per heavy atom. The summed E-state index contributed by atoms with van der Waals surface area (Å²) >= 11 is 7.55. The first-order valence-electron chi connectivity index (χ1n) is 10.8. The molecule has 35 heavy (non-hydrogen) atoms. The zero-order valence-electron chi connectivity index (χ0n) is 18.7. The van der Waals surface area contributed by atoms with Crippen molar-refractivity contribution in [1.82, 2.24) is 4.98 Å². The number of hydrogen-bond donors (Lipinski definition) is 0. The van der Waals surface area contributed by atoms with Crippen LogP contribution < -0.4 is 9.80 Å². The van der Waals surface area contributed by atoms with Crippen LogP contribution in [0.2, 0.25) is 5.02 Å². The van der Waals surface area contributed by atoms with Crippen LogP contribution in [0.1, 0.15) is 5.56 Å². The van der Waals surface area contributed by atoms with Crippen molar-refractivity contribution < 1.29 is 14.3 Å². The maximum Gasteiger partial charge on any atom is 0.332 e. The largest absolute Gasteiger partial charge is 0.466 e. The van der Waals surface area contributed by atoms with Crippen LogP contribution in [-0.2, 0) is 14.3 Å². The molecule has 1 amide bonds. The number of methoxy groups -OCH3 is 1. The molecule has 8 heteroatoms. The third-order valence-corrected chi connectivity index (χ3v) is 6.82. The van der Waals surface area contributed by atoms with Gasteiger partial charge in [-0.05, 0) is 48.0 Å². The SMILES string of the molecule is COC(=O)/C=C1\C(=O)N(c2nc3ccccc3s2)C(/C=C/c2ccccc2)N1c1ccc(Cl)cc1. The predicted molar refractivity (Wildman–Crippen MR) is 140 cm³/mol. The smallest absolute Gasteiger partial charge is 0.332 e. The fraction of sp³-hybridized carbons (Fsp3) is 0.0741. The molecule has 2 heterocycles. The number of benzene rings is 3. The fourth-order valence-corrected chi connectivity index (χ4v) is 5.02. The van der Waals surface area contributed by atoms with Crippen molar-refractivity contribution in [3.63, 3.8) is 0 Å². The number of ether oxygens (including phenoxy) is 1. The van der Waals surface area contributed by atoms with Crippen molar-refractivity contribution in [2.24, 2.45) is 0 Å². The highest BCUT2D eigenvalue weighted by Crippen LogP contribution is 2.39. The predicted octanol–water partition coefficient (Wildman–Crippen LogP) is 5.90. The summed E-state index contributed by atoms with van der Waals surface area (Å²) in [5.74, 6) is -0.976. The van der Waals surface area contributed by atoms with Crippen LogP contribution in [0.15, 0.2) is 96.7 Å². The Morgan fingerprint density at radius 3 is 2.43 bits per heavy atom. The standard InChI is InChI=1S/C27H20ClN3O3S/c1-34-25(32)17-22-26(33)31(27-29-21-9-5-6-10-23(21)35-27)24(16-11-18-7-3-2-4-8-18)30(22)20-14-12-19(28)13-15-20/h2-17,24H,1H3/b16-11+,22-17+. The molecule has 1 aromatic heterocycles. The van der Waals surface area contributed by atoms with E-state index in [0.717, 1.165) is 15.8 Å². The van der Waals surface area contributed by atoms with Gasteiger partial charge in [0.1, 0.15) is 11.9 Å². The van der Waals surface area contributed by atoms with Crippen molar-refractivity contribution in [3.05, 3.63) is 107 Å². The van der Waals surface area contributed by atoms with E-state index in [0.29, 0.717) is 15.8 Å². The Balaban J connectivity index is 1.69. The molecule has 1 unspecified atom stereocenters. The highest BCUT2D eigenvalue weighted by atomic mass is 35.5. The van der Waals surface area contributed by atoms with Crippen LogP contribution in [-0.4, -0.2) is 30.1 Å².